The van der Waals surface area contributed by atoms with Crippen molar-refractivity contribution in [2.24, 2.45) is 5.41 Å². The quantitative estimate of drug-likeness (QED) is 0.443. The van der Waals surface area contributed by atoms with Gasteiger partial charge in [0.15, 0.2) is 0 Å². The van der Waals surface area contributed by atoms with Crippen molar-refractivity contribution in [1.82, 2.24) is 15.5 Å². The van der Waals surface area contributed by atoms with E-state index in [1.54, 1.807) is 6.41 Å². The Balaban J connectivity index is -0.000000313. The zero-order valence-electron chi connectivity index (χ0n) is 13.3. The third-order valence-electron chi connectivity index (χ3n) is 1.61. The van der Waals surface area contributed by atoms with Crippen LogP contribution in [0.15, 0.2) is 0 Å². The molecule has 1 amide bonds. The van der Waals surface area contributed by atoms with Gasteiger partial charge in [-0.2, -0.15) is 6.41 Å². The van der Waals surface area contributed by atoms with Gasteiger partial charge in [-0.15, -0.1) is 5.41 Å². The Bertz CT molecular complexity index is 235. The van der Waals surface area contributed by atoms with Crippen LogP contribution in [0.2, 0.25) is 0 Å². The molecule has 0 aromatic carbocycles. The van der Waals surface area contributed by atoms with E-state index >= 15 is 0 Å². The minimum absolute atomic E-state index is 0. The molecule has 19 heavy (non-hydrogen) atoms. The molecule has 0 atom stereocenters. The van der Waals surface area contributed by atoms with E-state index in [0.29, 0.717) is 6.67 Å². The molecule has 0 spiro atoms. The maximum atomic E-state index is 9.83. The van der Waals surface area contributed by atoms with Crippen LogP contribution in [-0.4, -0.2) is 43.5 Å². The van der Waals surface area contributed by atoms with E-state index < -0.39 is 0 Å². The second kappa shape index (κ2) is 11.9. The van der Waals surface area contributed by atoms with Crippen molar-refractivity contribution >= 4 is 12.7 Å². The van der Waals surface area contributed by atoms with Crippen molar-refractivity contribution in [3.05, 3.63) is 0 Å². The van der Waals surface area contributed by atoms with Crippen LogP contribution >= 0.6 is 0 Å². The molecule has 5 nitrogen and oxygen atoms in total. The van der Waals surface area contributed by atoms with Gasteiger partial charge in [0.1, 0.15) is 0 Å². The minimum Gasteiger partial charge on any atom is -0.541 e. The Hall–Kier alpha value is 0.164. The molecule has 0 aliphatic heterocycles. The Morgan fingerprint density at radius 1 is 1.00 bits per heavy atom. The van der Waals surface area contributed by atoms with Crippen molar-refractivity contribution < 1.29 is 42.3 Å². The molecule has 0 unspecified atom stereocenters. The van der Waals surface area contributed by atoms with Gasteiger partial charge >= 0.3 is 0 Å². The van der Waals surface area contributed by atoms with Crippen molar-refractivity contribution in [3.8, 4) is 0 Å². The zero-order chi connectivity index (χ0) is 14.8. The molecule has 0 aromatic heterocycles. The average molecular weight is 346 g/mol. The van der Waals surface area contributed by atoms with Gasteiger partial charge in [0.25, 0.3) is 0 Å². The van der Waals surface area contributed by atoms with Gasteiger partial charge < -0.3 is 14.9 Å². The summed E-state index contributed by atoms with van der Waals surface area (Å²) in [6, 6.07) is 0. The minimum atomic E-state index is -0.264. The van der Waals surface area contributed by atoms with Gasteiger partial charge in [0.2, 0.25) is 0 Å². The van der Waals surface area contributed by atoms with E-state index in [-0.39, 0.29) is 43.7 Å². The van der Waals surface area contributed by atoms with Crippen molar-refractivity contribution in [3.63, 3.8) is 0 Å². The summed E-state index contributed by atoms with van der Waals surface area (Å²) in [6.07, 6.45) is 3.48. The van der Waals surface area contributed by atoms with E-state index in [1.807, 2.05) is 39.0 Å². The Morgan fingerprint density at radius 3 is 1.68 bits per heavy atom. The van der Waals surface area contributed by atoms with Gasteiger partial charge in [0, 0.05) is 51.6 Å². The number of rotatable bonds is 5. The molecule has 2 N–H and O–H groups in total. The van der Waals surface area contributed by atoms with Crippen LogP contribution in [-0.2, 0) is 42.3 Å². The SMILES string of the molecule is CC(C)(C)[C-]=O.CN(CN[C-]=O)CNC(C)(C)C.[Y]. The fraction of sp³-hybridized carbons (Fsp3) is 0.846. The smallest absolute Gasteiger partial charge is 0.0496 e. The fourth-order valence-corrected chi connectivity index (χ4v) is 0.595. The summed E-state index contributed by atoms with van der Waals surface area (Å²) in [6.45, 7) is 13.0. The van der Waals surface area contributed by atoms with Crippen molar-refractivity contribution in [2.75, 3.05) is 20.4 Å². The summed E-state index contributed by atoms with van der Waals surface area (Å²) in [5, 5.41) is 5.75. The molecule has 0 bridgehead atoms. The zero-order valence-corrected chi connectivity index (χ0v) is 16.1. The second-order valence-corrected chi connectivity index (χ2v) is 6.23. The molecule has 0 saturated heterocycles. The molecule has 111 valence electrons. The molecular formula is C13H27N3O2Y-2. The first-order chi connectivity index (χ1) is 8.02. The first-order valence-corrected chi connectivity index (χ1v) is 5.95. The van der Waals surface area contributed by atoms with E-state index in [9.17, 15) is 9.59 Å². The van der Waals surface area contributed by atoms with Crippen LogP contribution in [0.3, 0.4) is 0 Å². The second-order valence-electron chi connectivity index (χ2n) is 6.23. The van der Waals surface area contributed by atoms with E-state index in [0.717, 1.165) is 6.67 Å². The predicted octanol–water partition coefficient (Wildman–Crippen LogP) is 1.02. The molecule has 0 heterocycles. The van der Waals surface area contributed by atoms with E-state index in [4.69, 9.17) is 0 Å². The van der Waals surface area contributed by atoms with Crippen molar-refractivity contribution in [1.29, 1.82) is 0 Å². The van der Waals surface area contributed by atoms with Crippen LogP contribution in [0.4, 0.5) is 0 Å². The first kappa shape index (κ1) is 24.2. The van der Waals surface area contributed by atoms with E-state index in [1.165, 1.54) is 0 Å². The number of carbonyl (C=O) groups excluding carboxylic acids is 2. The van der Waals surface area contributed by atoms with Gasteiger partial charge in [-0.1, -0.05) is 20.8 Å². The van der Waals surface area contributed by atoms with Gasteiger partial charge in [-0.05, 0) is 27.8 Å². The molecule has 0 aromatic rings. The average Bonchev–Trinajstić information content (AvgIpc) is 2.22. The Morgan fingerprint density at radius 2 is 1.42 bits per heavy atom. The number of hydrogen-bond donors (Lipinski definition) is 2. The Labute approximate surface area is 143 Å². The van der Waals surface area contributed by atoms with Crippen molar-refractivity contribution in [2.45, 2.75) is 47.1 Å². The molecule has 1 radical (unpaired) electrons. The van der Waals surface area contributed by atoms with Crippen LogP contribution in [0.25, 0.3) is 0 Å². The van der Waals surface area contributed by atoms with Crippen LogP contribution < -0.4 is 10.6 Å². The molecule has 0 saturated carbocycles. The largest absolute Gasteiger partial charge is 0.541 e. The van der Waals surface area contributed by atoms with Crippen LogP contribution in [0, 0.1) is 5.41 Å². The first-order valence-electron chi connectivity index (χ1n) is 5.95. The summed E-state index contributed by atoms with van der Waals surface area (Å²) >= 11 is 0. The fourth-order valence-electron chi connectivity index (χ4n) is 0.595. The molecule has 0 rings (SSSR count). The maximum absolute atomic E-state index is 9.83. The summed E-state index contributed by atoms with van der Waals surface area (Å²) in [4.78, 5) is 21.5. The normalized spacial score (nSPS) is 10.9. The number of amides is 1. The number of nitrogens with one attached hydrogen (secondary N) is 2. The summed E-state index contributed by atoms with van der Waals surface area (Å²) in [5.41, 5.74) is -0.154. The monoisotopic (exact) mass is 346 g/mol. The molecular weight excluding hydrogens is 319 g/mol. The summed E-state index contributed by atoms with van der Waals surface area (Å²) < 4.78 is 0. The van der Waals surface area contributed by atoms with Crippen LogP contribution in [0.1, 0.15) is 41.5 Å². The number of hydrogen-bond acceptors (Lipinski definition) is 4. The van der Waals surface area contributed by atoms with Gasteiger partial charge in [0.05, 0.1) is 0 Å². The molecule has 0 aliphatic rings. The third-order valence-corrected chi connectivity index (χ3v) is 1.61. The molecule has 0 aliphatic carbocycles. The predicted molar refractivity (Wildman–Crippen MR) is 74.4 cm³/mol. The van der Waals surface area contributed by atoms with Crippen LogP contribution in [0.5, 0.6) is 0 Å². The summed E-state index contributed by atoms with van der Waals surface area (Å²) in [7, 11) is 1.92. The molecule has 6 heteroatoms. The topological polar surface area (TPSA) is 61.4 Å². The summed E-state index contributed by atoms with van der Waals surface area (Å²) in [5.74, 6) is 0. The Kier molecular flexibility index (Phi) is 15.2. The van der Waals surface area contributed by atoms with Gasteiger partial charge in [-0.25, -0.2) is 0 Å². The van der Waals surface area contributed by atoms with E-state index in [2.05, 4.69) is 31.4 Å². The van der Waals surface area contributed by atoms with Gasteiger partial charge in [-0.3, -0.25) is 16.5 Å². The third kappa shape index (κ3) is 27.4. The standard InChI is InChI=1S/C8H18N3O.C5H9O.Y/c1-8(2,3)10-6-11(4)5-9-7-12;1-5(2,3)4-6;/h10H,5-6H2,1-4H3,(H,9,12);1-3H3;/q2*-1;. The molecule has 0 fully saturated rings. The number of nitrogens with zero attached hydrogens (tertiary/aromatic N) is 1. The maximum Gasteiger partial charge on any atom is 0.0496 e.